The zero-order chi connectivity index (χ0) is 31.5. The number of carbonyl (C=O) groups is 2. The van der Waals surface area contributed by atoms with Gasteiger partial charge in [0.1, 0.15) is 23.3 Å². The monoisotopic (exact) mass is 620 g/mol. The summed E-state index contributed by atoms with van der Waals surface area (Å²) >= 11 is 0. The number of aromatic nitrogens is 3. The SMILES string of the molecule is C[C@H](Oc1cc(N2C[C@H]3CN(C(=O)OC(C)(C)C)C[C@H]3C2)nc(-c2noc3c2CCC[C@@]32CCCCC2=O)n1)[C@@H]1CCCN1C. The molecule has 0 N–H and O–H groups in total. The number of nitrogens with zero attached hydrogens (tertiary/aromatic N) is 6. The predicted octanol–water partition coefficient (Wildman–Crippen LogP) is 5.01. The van der Waals surface area contributed by atoms with Crippen molar-refractivity contribution in [2.45, 2.75) is 109 Å². The molecule has 11 nitrogen and oxygen atoms in total. The molecule has 2 aromatic rings. The second-order valence-corrected chi connectivity index (χ2v) is 15.1. The molecule has 4 fully saturated rings. The minimum atomic E-state index is -0.554. The number of carbonyl (C=O) groups excluding carboxylic acids is 2. The Balaban J connectivity index is 1.18. The molecule has 0 aromatic carbocycles. The smallest absolute Gasteiger partial charge is 0.410 e. The van der Waals surface area contributed by atoms with Crippen LogP contribution in [-0.4, -0.2) is 94.3 Å². The fraction of sp³-hybridized carbons (Fsp3) is 0.735. The summed E-state index contributed by atoms with van der Waals surface area (Å²) in [4.78, 5) is 42.6. The molecule has 1 spiro atoms. The summed E-state index contributed by atoms with van der Waals surface area (Å²) in [7, 11) is 2.15. The van der Waals surface area contributed by atoms with Crippen LogP contribution in [0.3, 0.4) is 0 Å². The molecule has 0 bridgehead atoms. The quantitative estimate of drug-likeness (QED) is 0.452. The third-order valence-electron chi connectivity index (χ3n) is 10.8. The Hall–Kier alpha value is -3.21. The number of hydrogen-bond donors (Lipinski definition) is 0. The van der Waals surface area contributed by atoms with Gasteiger partial charge in [-0.25, -0.2) is 9.78 Å². The maximum Gasteiger partial charge on any atom is 0.410 e. The lowest BCUT2D eigenvalue weighted by Gasteiger charge is -2.36. The molecule has 0 unspecified atom stereocenters. The van der Waals surface area contributed by atoms with Gasteiger partial charge in [-0.1, -0.05) is 11.6 Å². The Morgan fingerprint density at radius 1 is 1.04 bits per heavy atom. The molecule has 2 aromatic heterocycles. The molecule has 1 saturated carbocycles. The summed E-state index contributed by atoms with van der Waals surface area (Å²) in [5.41, 5.74) is 0.551. The third kappa shape index (κ3) is 5.70. The molecule has 45 heavy (non-hydrogen) atoms. The van der Waals surface area contributed by atoms with Gasteiger partial charge in [0.2, 0.25) is 5.88 Å². The Bertz CT molecular complexity index is 1440. The second kappa shape index (κ2) is 11.5. The molecule has 244 valence electrons. The van der Waals surface area contributed by atoms with Crippen LogP contribution in [-0.2, 0) is 21.4 Å². The van der Waals surface area contributed by atoms with Crippen molar-refractivity contribution in [3.8, 4) is 17.4 Å². The highest BCUT2D eigenvalue weighted by molar-refractivity contribution is 5.91. The Labute approximate surface area is 266 Å². The fourth-order valence-electron chi connectivity index (χ4n) is 8.56. The minimum Gasteiger partial charge on any atom is -0.473 e. The van der Waals surface area contributed by atoms with Gasteiger partial charge in [0.15, 0.2) is 17.3 Å². The van der Waals surface area contributed by atoms with Crippen molar-refractivity contribution in [1.82, 2.24) is 24.9 Å². The summed E-state index contributed by atoms with van der Waals surface area (Å²) in [6.07, 6.45) is 7.94. The van der Waals surface area contributed by atoms with Gasteiger partial charge in [0, 0.05) is 62.1 Å². The standard InChI is InChI=1S/C34H48N6O5/c1-21(25-11-9-15-38(25)5)43-28-16-27(39-17-22-19-40(20-23(22)18-39)32(42)44-33(2,3)4)35-31(36-28)29-24-10-8-14-34(30(24)45-37-29)13-7-6-12-26(34)41/h16,21-23,25H,6-15,17-20H2,1-5H3/t21-,22-,23+,25-,34+/m0/s1. The Morgan fingerprint density at radius 3 is 2.49 bits per heavy atom. The minimum absolute atomic E-state index is 0.0391. The lowest BCUT2D eigenvalue weighted by Crippen LogP contribution is -2.41. The highest BCUT2D eigenvalue weighted by Crippen LogP contribution is 2.48. The summed E-state index contributed by atoms with van der Waals surface area (Å²) in [6, 6.07) is 2.29. The average Bonchev–Trinajstić information content (AvgIpc) is 3.77. The number of likely N-dealkylation sites (tertiary alicyclic amines) is 2. The molecule has 5 aliphatic rings. The van der Waals surface area contributed by atoms with Crippen molar-refractivity contribution in [3.05, 3.63) is 17.4 Å². The van der Waals surface area contributed by atoms with Crippen LogP contribution in [0.1, 0.15) is 90.4 Å². The van der Waals surface area contributed by atoms with E-state index in [4.69, 9.17) is 24.0 Å². The van der Waals surface area contributed by atoms with Crippen LogP contribution in [0.5, 0.6) is 5.88 Å². The highest BCUT2D eigenvalue weighted by Gasteiger charge is 2.49. The number of hydrogen-bond acceptors (Lipinski definition) is 10. The molecule has 5 atom stereocenters. The van der Waals surface area contributed by atoms with Crippen molar-refractivity contribution in [2.75, 3.05) is 44.7 Å². The van der Waals surface area contributed by atoms with Gasteiger partial charge in [-0.15, -0.1) is 0 Å². The molecule has 3 aliphatic heterocycles. The van der Waals surface area contributed by atoms with Crippen molar-refractivity contribution >= 4 is 17.7 Å². The Morgan fingerprint density at radius 2 is 1.80 bits per heavy atom. The summed E-state index contributed by atoms with van der Waals surface area (Å²) in [5.74, 6) is 3.53. The van der Waals surface area contributed by atoms with Crippen LogP contribution in [0.15, 0.2) is 10.6 Å². The molecule has 1 amide bonds. The van der Waals surface area contributed by atoms with Crippen LogP contribution < -0.4 is 9.64 Å². The van der Waals surface area contributed by atoms with E-state index in [9.17, 15) is 9.59 Å². The molecule has 5 heterocycles. The fourth-order valence-corrected chi connectivity index (χ4v) is 8.56. The van der Waals surface area contributed by atoms with Gasteiger partial charge in [-0.05, 0) is 86.2 Å². The largest absolute Gasteiger partial charge is 0.473 e. The first-order valence-electron chi connectivity index (χ1n) is 17.0. The summed E-state index contributed by atoms with van der Waals surface area (Å²) < 4.78 is 18.3. The molecule has 2 aliphatic carbocycles. The van der Waals surface area contributed by atoms with Gasteiger partial charge >= 0.3 is 6.09 Å². The molecule has 0 radical (unpaired) electrons. The average molecular weight is 621 g/mol. The second-order valence-electron chi connectivity index (χ2n) is 15.1. The van der Waals surface area contributed by atoms with E-state index in [0.29, 0.717) is 54.8 Å². The van der Waals surface area contributed by atoms with E-state index in [1.807, 2.05) is 31.7 Å². The normalized spacial score (nSPS) is 29.3. The summed E-state index contributed by atoms with van der Waals surface area (Å²) in [6.45, 7) is 11.8. The number of rotatable bonds is 5. The first-order valence-corrected chi connectivity index (χ1v) is 17.0. The number of anilines is 1. The van der Waals surface area contributed by atoms with Crippen molar-refractivity contribution in [1.29, 1.82) is 0 Å². The Kier molecular flexibility index (Phi) is 7.81. The number of fused-ring (bicyclic) bond motifs is 3. The van der Waals surface area contributed by atoms with E-state index in [-0.39, 0.29) is 18.0 Å². The van der Waals surface area contributed by atoms with Gasteiger partial charge in [-0.2, -0.15) is 4.98 Å². The number of Topliss-reactive ketones (excluding diaryl/α,β-unsaturated/α-hetero) is 1. The molecule has 7 rings (SSSR count). The van der Waals surface area contributed by atoms with Crippen LogP contribution in [0.4, 0.5) is 10.6 Å². The van der Waals surface area contributed by atoms with Crippen LogP contribution in [0, 0.1) is 11.8 Å². The zero-order valence-electron chi connectivity index (χ0n) is 27.5. The van der Waals surface area contributed by atoms with Crippen LogP contribution >= 0.6 is 0 Å². The van der Waals surface area contributed by atoms with E-state index in [1.54, 1.807) is 0 Å². The topological polar surface area (TPSA) is 114 Å². The van der Waals surface area contributed by atoms with Crippen molar-refractivity contribution in [2.24, 2.45) is 11.8 Å². The van der Waals surface area contributed by atoms with Crippen LogP contribution in [0.25, 0.3) is 11.5 Å². The van der Waals surface area contributed by atoms with E-state index < -0.39 is 11.0 Å². The first kappa shape index (κ1) is 30.4. The molecule has 3 saturated heterocycles. The first-order chi connectivity index (χ1) is 21.5. The lowest BCUT2D eigenvalue weighted by atomic mass is 9.64. The maximum atomic E-state index is 13.3. The van der Waals surface area contributed by atoms with Gasteiger partial charge in [0.25, 0.3) is 0 Å². The van der Waals surface area contributed by atoms with Gasteiger partial charge < -0.3 is 23.8 Å². The number of ketones is 1. The highest BCUT2D eigenvalue weighted by atomic mass is 16.6. The van der Waals surface area contributed by atoms with Crippen LogP contribution in [0.2, 0.25) is 0 Å². The van der Waals surface area contributed by atoms with Crippen molar-refractivity contribution in [3.63, 3.8) is 0 Å². The van der Waals surface area contributed by atoms with Gasteiger partial charge in [-0.3, -0.25) is 9.69 Å². The zero-order valence-corrected chi connectivity index (χ0v) is 27.5. The number of amides is 1. The van der Waals surface area contributed by atoms with E-state index >= 15 is 0 Å². The maximum absolute atomic E-state index is 13.3. The van der Waals surface area contributed by atoms with E-state index in [2.05, 4.69) is 28.9 Å². The molecular weight excluding hydrogens is 572 g/mol. The third-order valence-corrected chi connectivity index (χ3v) is 10.8. The summed E-state index contributed by atoms with van der Waals surface area (Å²) in [5, 5.41) is 4.55. The van der Waals surface area contributed by atoms with E-state index in [0.717, 1.165) is 88.1 Å². The number of ether oxygens (including phenoxy) is 2. The lowest BCUT2D eigenvalue weighted by molar-refractivity contribution is -0.128. The molecular formula is C34H48N6O5. The predicted molar refractivity (Wildman–Crippen MR) is 168 cm³/mol. The van der Waals surface area contributed by atoms with E-state index in [1.165, 1.54) is 0 Å². The van der Waals surface area contributed by atoms with Crippen molar-refractivity contribution < 1.29 is 23.6 Å². The number of likely N-dealkylation sites (N-methyl/N-ethyl adjacent to an activating group) is 1. The van der Waals surface area contributed by atoms with Gasteiger partial charge in [0.05, 0.1) is 5.41 Å². The molecule has 11 heteroatoms.